The fourth-order valence-corrected chi connectivity index (χ4v) is 4.69. The average molecular weight is 257 g/mol. The SMILES string of the molecule is CC1(C)CSCC(C(=O)O)(N2CCCCC2)C1. The predicted octanol–water partition coefficient (Wildman–Crippen LogP) is 2.46. The van der Waals surface area contributed by atoms with Crippen LogP contribution in [-0.2, 0) is 4.79 Å². The van der Waals surface area contributed by atoms with E-state index in [4.69, 9.17) is 0 Å². The van der Waals surface area contributed by atoms with E-state index in [2.05, 4.69) is 18.7 Å². The largest absolute Gasteiger partial charge is 0.480 e. The van der Waals surface area contributed by atoms with Gasteiger partial charge in [0.05, 0.1) is 0 Å². The van der Waals surface area contributed by atoms with Crippen molar-refractivity contribution in [1.29, 1.82) is 0 Å². The van der Waals surface area contributed by atoms with Gasteiger partial charge in [-0.3, -0.25) is 9.69 Å². The summed E-state index contributed by atoms with van der Waals surface area (Å²) in [5.41, 5.74) is -0.467. The maximum atomic E-state index is 11.8. The number of nitrogens with zero attached hydrogens (tertiary/aromatic N) is 1. The number of aliphatic carboxylic acids is 1. The van der Waals surface area contributed by atoms with Crippen molar-refractivity contribution in [3.05, 3.63) is 0 Å². The van der Waals surface area contributed by atoms with E-state index < -0.39 is 11.5 Å². The molecule has 17 heavy (non-hydrogen) atoms. The number of carboxylic acid groups (broad SMARTS) is 1. The number of likely N-dealkylation sites (tertiary alicyclic amines) is 1. The summed E-state index contributed by atoms with van der Waals surface area (Å²) in [6.07, 6.45) is 4.35. The Labute approximate surface area is 108 Å². The lowest BCUT2D eigenvalue weighted by Crippen LogP contribution is -2.61. The minimum atomic E-state index is -0.611. The number of carboxylic acids is 1. The van der Waals surface area contributed by atoms with Crippen LogP contribution >= 0.6 is 11.8 Å². The molecule has 4 heteroatoms. The second kappa shape index (κ2) is 4.81. The molecule has 0 amide bonds. The highest BCUT2D eigenvalue weighted by Crippen LogP contribution is 2.43. The van der Waals surface area contributed by atoms with E-state index in [1.165, 1.54) is 6.42 Å². The van der Waals surface area contributed by atoms with Crippen LogP contribution < -0.4 is 0 Å². The van der Waals surface area contributed by atoms with Gasteiger partial charge in [0.15, 0.2) is 0 Å². The normalized spacial score (nSPS) is 34.5. The smallest absolute Gasteiger partial charge is 0.325 e. The number of piperidine rings is 1. The van der Waals surface area contributed by atoms with Gasteiger partial charge >= 0.3 is 5.97 Å². The Balaban J connectivity index is 2.22. The van der Waals surface area contributed by atoms with E-state index in [0.717, 1.165) is 43.9 Å². The molecule has 98 valence electrons. The molecule has 1 N–H and O–H groups in total. The van der Waals surface area contributed by atoms with Crippen molar-refractivity contribution in [2.75, 3.05) is 24.6 Å². The molecule has 1 atom stereocenters. The monoisotopic (exact) mass is 257 g/mol. The summed E-state index contributed by atoms with van der Waals surface area (Å²) in [6.45, 7) is 6.31. The van der Waals surface area contributed by atoms with Crippen LogP contribution in [0.2, 0.25) is 0 Å². The Morgan fingerprint density at radius 2 is 1.82 bits per heavy atom. The first-order chi connectivity index (χ1) is 7.96. The molecule has 2 fully saturated rings. The minimum absolute atomic E-state index is 0.138. The van der Waals surface area contributed by atoms with E-state index >= 15 is 0 Å². The van der Waals surface area contributed by atoms with Crippen LogP contribution in [0.25, 0.3) is 0 Å². The van der Waals surface area contributed by atoms with E-state index in [-0.39, 0.29) is 5.41 Å². The highest BCUT2D eigenvalue weighted by Gasteiger charge is 2.50. The van der Waals surface area contributed by atoms with Gasteiger partial charge < -0.3 is 5.11 Å². The van der Waals surface area contributed by atoms with E-state index in [1.54, 1.807) is 0 Å². The molecule has 1 unspecified atom stereocenters. The summed E-state index contributed by atoms with van der Waals surface area (Å²) >= 11 is 1.81. The van der Waals surface area contributed by atoms with Gasteiger partial charge in [0.1, 0.15) is 5.54 Å². The van der Waals surface area contributed by atoms with Crippen molar-refractivity contribution in [3.8, 4) is 0 Å². The van der Waals surface area contributed by atoms with Gasteiger partial charge in [0, 0.05) is 5.75 Å². The third-order valence-corrected chi connectivity index (χ3v) is 5.63. The van der Waals surface area contributed by atoms with Crippen molar-refractivity contribution in [1.82, 2.24) is 4.90 Å². The summed E-state index contributed by atoms with van der Waals surface area (Å²) in [4.78, 5) is 14.1. The number of carbonyl (C=O) groups is 1. The van der Waals surface area contributed by atoms with Crippen LogP contribution in [0, 0.1) is 5.41 Å². The van der Waals surface area contributed by atoms with Gasteiger partial charge in [-0.1, -0.05) is 20.3 Å². The molecular formula is C13H23NO2S. The first-order valence-corrected chi connectivity index (χ1v) is 7.68. The Kier molecular flexibility index (Phi) is 3.74. The van der Waals surface area contributed by atoms with Crippen molar-refractivity contribution in [2.45, 2.75) is 45.1 Å². The van der Waals surface area contributed by atoms with Crippen molar-refractivity contribution in [2.24, 2.45) is 5.41 Å². The summed E-state index contributed by atoms with van der Waals surface area (Å²) in [7, 11) is 0. The maximum Gasteiger partial charge on any atom is 0.325 e. The topological polar surface area (TPSA) is 40.5 Å². The Morgan fingerprint density at radius 1 is 1.18 bits per heavy atom. The quantitative estimate of drug-likeness (QED) is 0.825. The molecule has 0 saturated carbocycles. The Bertz CT molecular complexity index is 300. The molecule has 0 aromatic rings. The molecule has 0 bridgehead atoms. The zero-order valence-electron chi connectivity index (χ0n) is 10.9. The number of thioether (sulfide) groups is 1. The van der Waals surface area contributed by atoms with Crippen LogP contribution in [0.5, 0.6) is 0 Å². The summed E-state index contributed by atoms with van der Waals surface area (Å²) in [5.74, 6) is 1.22. The van der Waals surface area contributed by atoms with Crippen LogP contribution in [0.3, 0.4) is 0 Å². The second-order valence-electron chi connectivity index (χ2n) is 6.22. The lowest BCUT2D eigenvalue weighted by molar-refractivity contribution is -0.153. The third kappa shape index (κ3) is 2.63. The van der Waals surface area contributed by atoms with E-state index in [9.17, 15) is 9.90 Å². The summed E-state index contributed by atoms with van der Waals surface area (Å²) < 4.78 is 0. The zero-order valence-corrected chi connectivity index (χ0v) is 11.7. The molecule has 0 spiro atoms. The highest BCUT2D eigenvalue weighted by atomic mass is 32.2. The van der Waals surface area contributed by atoms with Crippen LogP contribution in [0.1, 0.15) is 39.5 Å². The zero-order chi connectivity index (χ0) is 12.5. The van der Waals surface area contributed by atoms with E-state index in [0.29, 0.717) is 0 Å². The molecule has 2 heterocycles. The molecule has 0 aromatic carbocycles. The molecule has 2 saturated heterocycles. The summed E-state index contributed by atoms with van der Waals surface area (Å²) in [5, 5.41) is 9.72. The molecular weight excluding hydrogens is 234 g/mol. The molecule has 0 radical (unpaired) electrons. The number of hydrogen-bond donors (Lipinski definition) is 1. The van der Waals surface area contributed by atoms with Gasteiger partial charge in [0.2, 0.25) is 0 Å². The number of hydrogen-bond acceptors (Lipinski definition) is 3. The third-order valence-electron chi connectivity index (χ3n) is 3.96. The van der Waals surface area contributed by atoms with Crippen LogP contribution in [0.15, 0.2) is 0 Å². The fourth-order valence-electron chi connectivity index (χ4n) is 3.19. The minimum Gasteiger partial charge on any atom is -0.480 e. The standard InChI is InChI=1S/C13H23NO2S/c1-12(2)8-13(11(15)16,10-17-9-12)14-6-4-3-5-7-14/h3-10H2,1-2H3,(H,15,16). The molecule has 0 aliphatic carbocycles. The fraction of sp³-hybridized carbons (Fsp3) is 0.923. The molecule has 2 aliphatic rings. The first kappa shape index (κ1) is 13.2. The lowest BCUT2D eigenvalue weighted by atomic mass is 9.78. The van der Waals surface area contributed by atoms with Gasteiger partial charge in [-0.2, -0.15) is 11.8 Å². The van der Waals surface area contributed by atoms with Crippen molar-refractivity contribution in [3.63, 3.8) is 0 Å². The predicted molar refractivity (Wildman–Crippen MR) is 71.5 cm³/mol. The van der Waals surface area contributed by atoms with Gasteiger partial charge in [-0.05, 0) is 43.5 Å². The lowest BCUT2D eigenvalue weighted by Gasteiger charge is -2.49. The highest BCUT2D eigenvalue weighted by molar-refractivity contribution is 7.99. The number of rotatable bonds is 2. The van der Waals surface area contributed by atoms with Gasteiger partial charge in [0.25, 0.3) is 0 Å². The van der Waals surface area contributed by atoms with Crippen molar-refractivity contribution < 1.29 is 9.90 Å². The second-order valence-corrected chi connectivity index (χ2v) is 7.20. The molecule has 2 rings (SSSR count). The van der Waals surface area contributed by atoms with Gasteiger partial charge in [-0.15, -0.1) is 0 Å². The first-order valence-electron chi connectivity index (χ1n) is 6.53. The maximum absolute atomic E-state index is 11.8. The van der Waals surface area contributed by atoms with Crippen LogP contribution in [0.4, 0.5) is 0 Å². The molecule has 3 nitrogen and oxygen atoms in total. The molecule has 0 aromatic heterocycles. The average Bonchev–Trinajstić information content (AvgIpc) is 2.28. The summed E-state index contributed by atoms with van der Waals surface area (Å²) in [6, 6.07) is 0. The Hall–Kier alpha value is -0.220. The van der Waals surface area contributed by atoms with Crippen LogP contribution in [-0.4, -0.2) is 46.1 Å². The Morgan fingerprint density at radius 3 is 2.35 bits per heavy atom. The van der Waals surface area contributed by atoms with Gasteiger partial charge in [-0.25, -0.2) is 0 Å². The van der Waals surface area contributed by atoms with E-state index in [1.807, 2.05) is 11.8 Å². The molecule has 2 aliphatic heterocycles. The van der Waals surface area contributed by atoms with Crippen molar-refractivity contribution >= 4 is 17.7 Å².